The van der Waals surface area contributed by atoms with E-state index < -0.39 is 0 Å². The molecule has 3 aromatic rings. The van der Waals surface area contributed by atoms with Crippen molar-refractivity contribution in [2.24, 2.45) is 13.0 Å². The first-order chi connectivity index (χ1) is 14.1. The van der Waals surface area contributed by atoms with Crippen molar-refractivity contribution < 1.29 is 4.79 Å². The van der Waals surface area contributed by atoms with Gasteiger partial charge in [-0.2, -0.15) is 0 Å². The molecule has 5 rings (SSSR count). The van der Waals surface area contributed by atoms with Gasteiger partial charge >= 0.3 is 0 Å². The largest absolute Gasteiger partial charge is 0.320 e. The summed E-state index contributed by atoms with van der Waals surface area (Å²) in [7, 11) is 2.00. The Hall–Kier alpha value is -3.21. The number of nitrogens with zero attached hydrogens (tertiary/aromatic N) is 4. The summed E-state index contributed by atoms with van der Waals surface area (Å²) < 4.78 is 2.02. The molecule has 5 nitrogen and oxygen atoms in total. The summed E-state index contributed by atoms with van der Waals surface area (Å²) in [6, 6.07) is 16.3. The number of aromatic nitrogens is 3. The molecule has 1 fully saturated rings. The molecule has 0 atom stereocenters. The summed E-state index contributed by atoms with van der Waals surface area (Å²) in [6.45, 7) is 8.91. The van der Waals surface area contributed by atoms with Gasteiger partial charge in [0.05, 0.1) is 12.0 Å². The van der Waals surface area contributed by atoms with Gasteiger partial charge in [-0.1, -0.05) is 37.3 Å². The first-order valence-electron chi connectivity index (χ1n) is 9.93. The van der Waals surface area contributed by atoms with Crippen LogP contribution in [0.5, 0.6) is 0 Å². The normalized spacial score (nSPS) is 22.5. The van der Waals surface area contributed by atoms with E-state index in [1.165, 1.54) is 5.56 Å². The standard InChI is InChI=1S/C22H22N4O.C2H4/c1-15-11-22(12-15,21-24-23-14-25(21)2)17-7-5-8-18(10-17)26-13-16-6-3-4-9-19(16)20(26)27;1-2/h3-10,14-15H,11-13H2,1-2H3;1-2H2. The lowest BCUT2D eigenvalue weighted by Gasteiger charge is -2.46. The van der Waals surface area contributed by atoms with E-state index in [0.29, 0.717) is 12.5 Å². The lowest BCUT2D eigenvalue weighted by Crippen LogP contribution is -2.43. The lowest BCUT2D eigenvalue weighted by atomic mass is 9.58. The molecular formula is C24H26N4O. The number of hydrogen-bond donors (Lipinski definition) is 0. The molecule has 1 amide bonds. The summed E-state index contributed by atoms with van der Waals surface area (Å²) in [5.41, 5.74) is 3.96. The minimum Gasteiger partial charge on any atom is -0.320 e. The van der Waals surface area contributed by atoms with Crippen molar-refractivity contribution in [2.75, 3.05) is 4.90 Å². The van der Waals surface area contributed by atoms with Crippen molar-refractivity contribution in [3.05, 3.63) is 90.5 Å². The van der Waals surface area contributed by atoms with Crippen molar-refractivity contribution in [3.63, 3.8) is 0 Å². The minimum absolute atomic E-state index is 0.0810. The second-order valence-corrected chi connectivity index (χ2v) is 7.96. The number of aryl methyl sites for hydroxylation is 1. The van der Waals surface area contributed by atoms with E-state index in [4.69, 9.17) is 0 Å². The van der Waals surface area contributed by atoms with Crippen LogP contribution in [0.1, 0.15) is 47.1 Å². The maximum atomic E-state index is 12.9. The Kier molecular flexibility index (Phi) is 4.82. The van der Waals surface area contributed by atoms with Gasteiger partial charge in [0.25, 0.3) is 5.91 Å². The molecule has 1 aliphatic carbocycles. The van der Waals surface area contributed by atoms with E-state index in [-0.39, 0.29) is 11.3 Å². The van der Waals surface area contributed by atoms with Crippen LogP contribution in [0.25, 0.3) is 0 Å². The Balaban J connectivity index is 0.000000994. The number of amides is 1. The Labute approximate surface area is 171 Å². The molecular weight excluding hydrogens is 360 g/mol. The van der Waals surface area contributed by atoms with Crippen LogP contribution in [0, 0.1) is 5.92 Å². The van der Waals surface area contributed by atoms with E-state index in [2.05, 4.69) is 48.5 Å². The molecule has 1 aromatic heterocycles. The zero-order valence-corrected chi connectivity index (χ0v) is 17.0. The molecule has 0 saturated heterocycles. The highest BCUT2D eigenvalue weighted by molar-refractivity contribution is 6.10. The number of benzene rings is 2. The van der Waals surface area contributed by atoms with E-state index in [1.807, 2.05) is 46.8 Å². The Morgan fingerprint density at radius 2 is 1.86 bits per heavy atom. The van der Waals surface area contributed by atoms with Gasteiger partial charge in [-0.3, -0.25) is 4.79 Å². The topological polar surface area (TPSA) is 51.0 Å². The highest BCUT2D eigenvalue weighted by atomic mass is 16.2. The van der Waals surface area contributed by atoms with Crippen molar-refractivity contribution >= 4 is 11.6 Å². The highest BCUT2D eigenvalue weighted by Crippen LogP contribution is 2.52. The van der Waals surface area contributed by atoms with Crippen LogP contribution < -0.4 is 4.90 Å². The number of hydrogen-bond acceptors (Lipinski definition) is 3. The van der Waals surface area contributed by atoms with Crippen LogP contribution in [0.4, 0.5) is 5.69 Å². The number of rotatable bonds is 3. The van der Waals surface area contributed by atoms with Gasteiger partial charge in [-0.05, 0) is 48.1 Å². The molecule has 1 saturated carbocycles. The highest BCUT2D eigenvalue weighted by Gasteiger charge is 2.48. The van der Waals surface area contributed by atoms with Gasteiger partial charge in [-0.15, -0.1) is 23.4 Å². The number of anilines is 1. The maximum absolute atomic E-state index is 12.9. The maximum Gasteiger partial charge on any atom is 0.258 e. The molecule has 1 aliphatic heterocycles. The van der Waals surface area contributed by atoms with Gasteiger partial charge in [0.15, 0.2) is 0 Å². The lowest BCUT2D eigenvalue weighted by molar-refractivity contribution is 0.0996. The predicted octanol–water partition coefficient (Wildman–Crippen LogP) is 4.49. The van der Waals surface area contributed by atoms with E-state index in [9.17, 15) is 4.79 Å². The second kappa shape index (κ2) is 7.32. The van der Waals surface area contributed by atoms with Gasteiger partial charge < -0.3 is 9.47 Å². The molecule has 0 bridgehead atoms. The Morgan fingerprint density at radius 3 is 2.52 bits per heavy atom. The zero-order valence-electron chi connectivity index (χ0n) is 17.0. The number of carbonyl (C=O) groups is 1. The van der Waals surface area contributed by atoms with Crippen LogP contribution >= 0.6 is 0 Å². The molecule has 2 aromatic carbocycles. The summed E-state index contributed by atoms with van der Waals surface area (Å²) in [6.07, 6.45) is 3.87. The molecule has 0 unspecified atom stereocenters. The summed E-state index contributed by atoms with van der Waals surface area (Å²) in [5.74, 6) is 1.74. The van der Waals surface area contributed by atoms with Crippen LogP contribution in [-0.2, 0) is 19.0 Å². The molecule has 2 heterocycles. The third-order valence-electron chi connectivity index (χ3n) is 6.07. The first kappa shape index (κ1) is 19.1. The van der Waals surface area contributed by atoms with Gasteiger partial charge in [0.2, 0.25) is 0 Å². The van der Waals surface area contributed by atoms with E-state index in [0.717, 1.165) is 35.5 Å². The third kappa shape index (κ3) is 2.97. The zero-order chi connectivity index (χ0) is 20.6. The fourth-order valence-electron chi connectivity index (χ4n) is 4.83. The second-order valence-electron chi connectivity index (χ2n) is 7.96. The molecule has 0 radical (unpaired) electrons. The Morgan fingerprint density at radius 1 is 1.10 bits per heavy atom. The first-order valence-corrected chi connectivity index (χ1v) is 9.93. The summed E-state index contributed by atoms with van der Waals surface area (Å²) in [5, 5.41) is 8.54. The van der Waals surface area contributed by atoms with Crippen molar-refractivity contribution in [2.45, 2.75) is 31.7 Å². The number of fused-ring (bicyclic) bond motifs is 1. The van der Waals surface area contributed by atoms with Gasteiger partial charge in [0, 0.05) is 18.3 Å². The van der Waals surface area contributed by atoms with E-state index >= 15 is 0 Å². The van der Waals surface area contributed by atoms with Crippen LogP contribution in [0.15, 0.2) is 68.0 Å². The van der Waals surface area contributed by atoms with Gasteiger partial charge in [0.1, 0.15) is 12.2 Å². The molecule has 5 heteroatoms. The molecule has 2 aliphatic rings. The Bertz CT molecular complexity index is 1050. The fourth-order valence-corrected chi connectivity index (χ4v) is 4.83. The third-order valence-corrected chi connectivity index (χ3v) is 6.07. The fraction of sp³-hybridized carbons (Fsp3) is 0.292. The monoisotopic (exact) mass is 386 g/mol. The molecule has 29 heavy (non-hydrogen) atoms. The minimum atomic E-state index is -0.115. The molecule has 148 valence electrons. The van der Waals surface area contributed by atoms with Crippen LogP contribution in [0.3, 0.4) is 0 Å². The van der Waals surface area contributed by atoms with Crippen molar-refractivity contribution in [1.29, 1.82) is 0 Å². The SMILES string of the molecule is C=C.CC1CC(c2cccc(N3Cc4ccccc4C3=O)c2)(c2nncn2C)C1. The van der Waals surface area contributed by atoms with Crippen LogP contribution in [-0.4, -0.2) is 20.7 Å². The quantitative estimate of drug-likeness (QED) is 0.623. The summed E-state index contributed by atoms with van der Waals surface area (Å²) in [4.78, 5) is 14.8. The average Bonchev–Trinajstić information content (AvgIpc) is 3.31. The van der Waals surface area contributed by atoms with Crippen molar-refractivity contribution in [3.8, 4) is 0 Å². The smallest absolute Gasteiger partial charge is 0.258 e. The number of carbonyl (C=O) groups excluding carboxylic acids is 1. The predicted molar refractivity (Wildman–Crippen MR) is 115 cm³/mol. The van der Waals surface area contributed by atoms with Crippen LogP contribution in [0.2, 0.25) is 0 Å². The van der Waals surface area contributed by atoms with Gasteiger partial charge in [-0.25, -0.2) is 0 Å². The van der Waals surface area contributed by atoms with E-state index in [1.54, 1.807) is 6.33 Å². The molecule has 0 N–H and O–H groups in total. The van der Waals surface area contributed by atoms with Crippen molar-refractivity contribution in [1.82, 2.24) is 14.8 Å². The average molecular weight is 386 g/mol. The molecule has 0 spiro atoms. The summed E-state index contributed by atoms with van der Waals surface area (Å²) >= 11 is 0.